The number of ether oxygens (including phenoxy) is 1. The number of thiazole rings is 1. The van der Waals surface area contributed by atoms with Crippen molar-refractivity contribution in [2.75, 3.05) is 0 Å². The standard InChI is InChI=1S/C14H18N4O2S/c1-9(2)20-14-10(4-3-5-16-14)7-17-13(19)11-8-21-12(6-15)18-11/h3-5,8-9H,6-7,15H2,1-2H3,(H,17,19). The average molecular weight is 306 g/mol. The summed E-state index contributed by atoms with van der Waals surface area (Å²) in [5, 5.41) is 5.25. The highest BCUT2D eigenvalue weighted by Gasteiger charge is 2.12. The largest absolute Gasteiger partial charge is 0.475 e. The molecule has 2 aromatic rings. The summed E-state index contributed by atoms with van der Waals surface area (Å²) in [5.74, 6) is 0.305. The van der Waals surface area contributed by atoms with Gasteiger partial charge in [-0.05, 0) is 19.9 Å². The van der Waals surface area contributed by atoms with E-state index >= 15 is 0 Å². The molecule has 0 aliphatic heterocycles. The third kappa shape index (κ3) is 4.24. The summed E-state index contributed by atoms with van der Waals surface area (Å²) in [6, 6.07) is 3.68. The normalized spacial score (nSPS) is 10.7. The van der Waals surface area contributed by atoms with Crippen molar-refractivity contribution in [2.45, 2.75) is 33.0 Å². The maximum absolute atomic E-state index is 12.0. The Kier molecular flexibility index (Phi) is 5.24. The van der Waals surface area contributed by atoms with E-state index in [2.05, 4.69) is 15.3 Å². The van der Waals surface area contributed by atoms with Crippen molar-refractivity contribution in [2.24, 2.45) is 5.73 Å². The molecule has 0 bridgehead atoms. The molecule has 0 unspecified atom stereocenters. The third-order valence-corrected chi connectivity index (χ3v) is 3.47. The van der Waals surface area contributed by atoms with Crippen LogP contribution < -0.4 is 15.8 Å². The van der Waals surface area contributed by atoms with Gasteiger partial charge < -0.3 is 15.8 Å². The Labute approximate surface area is 127 Å². The number of hydrogen-bond acceptors (Lipinski definition) is 6. The summed E-state index contributed by atoms with van der Waals surface area (Å²) in [4.78, 5) is 20.3. The monoisotopic (exact) mass is 306 g/mol. The van der Waals surface area contributed by atoms with E-state index in [1.54, 1.807) is 11.6 Å². The zero-order chi connectivity index (χ0) is 15.2. The van der Waals surface area contributed by atoms with Crippen LogP contribution in [0.1, 0.15) is 34.9 Å². The van der Waals surface area contributed by atoms with Gasteiger partial charge in [0, 0.05) is 30.2 Å². The Hall–Kier alpha value is -1.99. The fourth-order valence-corrected chi connectivity index (χ4v) is 2.32. The Morgan fingerprint density at radius 2 is 2.33 bits per heavy atom. The van der Waals surface area contributed by atoms with Gasteiger partial charge in [0.1, 0.15) is 10.7 Å². The van der Waals surface area contributed by atoms with E-state index < -0.39 is 0 Å². The number of nitrogens with two attached hydrogens (primary N) is 1. The number of amides is 1. The molecule has 21 heavy (non-hydrogen) atoms. The van der Waals surface area contributed by atoms with Gasteiger partial charge in [0.15, 0.2) is 0 Å². The number of carbonyl (C=O) groups is 1. The number of pyridine rings is 1. The lowest BCUT2D eigenvalue weighted by Gasteiger charge is -2.12. The maximum atomic E-state index is 12.0. The van der Waals surface area contributed by atoms with Gasteiger partial charge in [-0.25, -0.2) is 9.97 Å². The molecule has 0 atom stereocenters. The topological polar surface area (TPSA) is 90.1 Å². The molecule has 0 aromatic carbocycles. The van der Waals surface area contributed by atoms with Crippen molar-refractivity contribution in [3.63, 3.8) is 0 Å². The Balaban J connectivity index is 2.01. The predicted molar refractivity (Wildman–Crippen MR) is 81.2 cm³/mol. The van der Waals surface area contributed by atoms with E-state index in [0.717, 1.165) is 10.6 Å². The second-order valence-corrected chi connectivity index (χ2v) is 5.59. The van der Waals surface area contributed by atoms with E-state index in [1.165, 1.54) is 11.3 Å². The van der Waals surface area contributed by atoms with E-state index in [9.17, 15) is 4.79 Å². The van der Waals surface area contributed by atoms with E-state index in [0.29, 0.717) is 24.7 Å². The molecule has 0 fully saturated rings. The van der Waals surface area contributed by atoms with Crippen molar-refractivity contribution < 1.29 is 9.53 Å². The number of carbonyl (C=O) groups excluding carboxylic acids is 1. The third-order valence-electron chi connectivity index (χ3n) is 2.60. The second kappa shape index (κ2) is 7.14. The smallest absolute Gasteiger partial charge is 0.271 e. The van der Waals surface area contributed by atoms with E-state index in [-0.39, 0.29) is 12.0 Å². The quantitative estimate of drug-likeness (QED) is 0.848. The van der Waals surface area contributed by atoms with Crippen LogP contribution in [0.4, 0.5) is 0 Å². The minimum Gasteiger partial charge on any atom is -0.475 e. The number of nitrogens with zero attached hydrogens (tertiary/aromatic N) is 2. The highest BCUT2D eigenvalue weighted by atomic mass is 32.1. The van der Waals surface area contributed by atoms with Crippen LogP contribution in [0.3, 0.4) is 0 Å². The van der Waals surface area contributed by atoms with Gasteiger partial charge in [-0.2, -0.15) is 0 Å². The van der Waals surface area contributed by atoms with Gasteiger partial charge in [0.05, 0.1) is 6.10 Å². The lowest BCUT2D eigenvalue weighted by atomic mass is 10.2. The highest BCUT2D eigenvalue weighted by Crippen LogP contribution is 2.16. The van der Waals surface area contributed by atoms with Gasteiger partial charge in [0.25, 0.3) is 5.91 Å². The molecule has 0 aliphatic rings. The molecular weight excluding hydrogens is 288 g/mol. The molecule has 1 amide bonds. The van der Waals surface area contributed by atoms with E-state index in [4.69, 9.17) is 10.5 Å². The highest BCUT2D eigenvalue weighted by molar-refractivity contribution is 7.09. The van der Waals surface area contributed by atoms with Crippen LogP contribution in [0.15, 0.2) is 23.7 Å². The molecule has 3 N–H and O–H groups in total. The van der Waals surface area contributed by atoms with Gasteiger partial charge >= 0.3 is 0 Å². The zero-order valence-corrected chi connectivity index (χ0v) is 12.8. The molecule has 0 aliphatic carbocycles. The molecule has 2 rings (SSSR count). The molecule has 2 aromatic heterocycles. The summed E-state index contributed by atoms with van der Waals surface area (Å²) < 4.78 is 5.61. The molecule has 112 valence electrons. The predicted octanol–water partition coefficient (Wildman–Crippen LogP) is 1.71. The maximum Gasteiger partial charge on any atom is 0.271 e. The Bertz CT molecular complexity index is 613. The van der Waals surface area contributed by atoms with Crippen molar-refractivity contribution in [1.29, 1.82) is 0 Å². The Morgan fingerprint density at radius 1 is 1.52 bits per heavy atom. The van der Waals surface area contributed by atoms with Crippen molar-refractivity contribution in [3.05, 3.63) is 40.0 Å². The zero-order valence-electron chi connectivity index (χ0n) is 12.0. The first-order valence-corrected chi connectivity index (χ1v) is 7.51. The summed E-state index contributed by atoms with van der Waals surface area (Å²) in [5.41, 5.74) is 6.70. The summed E-state index contributed by atoms with van der Waals surface area (Å²) in [6.07, 6.45) is 1.69. The van der Waals surface area contributed by atoms with Crippen molar-refractivity contribution >= 4 is 17.2 Å². The molecule has 2 heterocycles. The van der Waals surface area contributed by atoms with Crippen LogP contribution in [0, 0.1) is 0 Å². The van der Waals surface area contributed by atoms with Crippen LogP contribution in [0.25, 0.3) is 0 Å². The lowest BCUT2D eigenvalue weighted by Crippen LogP contribution is -2.24. The van der Waals surface area contributed by atoms with Crippen LogP contribution in [0.2, 0.25) is 0 Å². The van der Waals surface area contributed by atoms with Crippen molar-refractivity contribution in [1.82, 2.24) is 15.3 Å². The molecule has 0 saturated carbocycles. The van der Waals surface area contributed by atoms with Crippen LogP contribution >= 0.6 is 11.3 Å². The number of rotatable bonds is 6. The van der Waals surface area contributed by atoms with Gasteiger partial charge in [0.2, 0.25) is 5.88 Å². The summed E-state index contributed by atoms with van der Waals surface area (Å²) in [7, 11) is 0. The number of aromatic nitrogens is 2. The summed E-state index contributed by atoms with van der Waals surface area (Å²) in [6.45, 7) is 4.54. The molecule has 6 nitrogen and oxygen atoms in total. The van der Waals surface area contributed by atoms with Crippen LogP contribution in [-0.4, -0.2) is 22.0 Å². The first kappa shape index (κ1) is 15.4. The van der Waals surface area contributed by atoms with Gasteiger partial charge in [-0.1, -0.05) is 6.07 Å². The van der Waals surface area contributed by atoms with E-state index in [1.807, 2.05) is 26.0 Å². The summed E-state index contributed by atoms with van der Waals surface area (Å²) >= 11 is 1.38. The number of hydrogen-bond donors (Lipinski definition) is 2. The van der Waals surface area contributed by atoms with Crippen LogP contribution in [-0.2, 0) is 13.1 Å². The minimum absolute atomic E-state index is 0.0278. The fraction of sp³-hybridized carbons (Fsp3) is 0.357. The lowest BCUT2D eigenvalue weighted by molar-refractivity contribution is 0.0946. The first-order chi connectivity index (χ1) is 10.1. The van der Waals surface area contributed by atoms with Gasteiger partial charge in [-0.15, -0.1) is 11.3 Å². The first-order valence-electron chi connectivity index (χ1n) is 6.63. The Morgan fingerprint density at radius 3 is 3.00 bits per heavy atom. The second-order valence-electron chi connectivity index (χ2n) is 4.65. The average Bonchev–Trinajstić information content (AvgIpc) is 2.94. The fourth-order valence-electron chi connectivity index (χ4n) is 1.66. The van der Waals surface area contributed by atoms with Crippen LogP contribution in [0.5, 0.6) is 5.88 Å². The molecule has 0 radical (unpaired) electrons. The molecule has 0 saturated heterocycles. The minimum atomic E-state index is -0.231. The molecule has 0 spiro atoms. The SMILES string of the molecule is CC(C)Oc1ncccc1CNC(=O)c1csc(CN)n1. The van der Waals surface area contributed by atoms with Crippen molar-refractivity contribution in [3.8, 4) is 5.88 Å². The number of nitrogens with one attached hydrogen (secondary N) is 1. The molecular formula is C14H18N4O2S. The molecule has 7 heteroatoms. The van der Waals surface area contributed by atoms with Gasteiger partial charge in [-0.3, -0.25) is 4.79 Å².